The molecule has 1 aliphatic rings. The first-order valence-electron chi connectivity index (χ1n) is 12.4. The molecule has 0 radical (unpaired) electrons. The van der Waals surface area contributed by atoms with E-state index in [4.69, 9.17) is 0 Å². The Morgan fingerprint density at radius 3 is 1.94 bits per heavy atom. The van der Waals surface area contributed by atoms with Crippen molar-refractivity contribution < 1.29 is 4.79 Å². The van der Waals surface area contributed by atoms with Gasteiger partial charge in [-0.1, -0.05) is 109 Å². The Kier molecular flexibility index (Phi) is 7.49. The van der Waals surface area contributed by atoms with Gasteiger partial charge in [0.1, 0.15) is 0 Å². The molecule has 0 aliphatic carbocycles. The molecule has 2 heterocycles. The molecule has 1 atom stereocenters. The molecular weight excluding hydrogens is 462 g/mol. The third kappa shape index (κ3) is 4.95. The van der Waals surface area contributed by atoms with Crippen molar-refractivity contribution in [1.82, 2.24) is 14.7 Å². The molecule has 1 fully saturated rings. The first-order chi connectivity index (χ1) is 17.7. The van der Waals surface area contributed by atoms with Crippen LogP contribution in [0.5, 0.6) is 0 Å². The van der Waals surface area contributed by atoms with Gasteiger partial charge in [-0.2, -0.15) is 5.10 Å². The molecule has 1 aromatic heterocycles. The lowest BCUT2D eigenvalue weighted by molar-refractivity contribution is -0.109. The van der Waals surface area contributed by atoms with E-state index < -0.39 is 5.54 Å². The fourth-order valence-corrected chi connectivity index (χ4v) is 6.33. The van der Waals surface area contributed by atoms with Crippen LogP contribution >= 0.6 is 11.8 Å². The molecule has 3 aromatic carbocycles. The predicted molar refractivity (Wildman–Crippen MR) is 148 cm³/mol. The zero-order valence-electron chi connectivity index (χ0n) is 20.5. The number of nitrogens with zero attached hydrogens (tertiary/aromatic N) is 3. The molecule has 5 heteroatoms. The number of piperidine rings is 1. The Hall–Kier alpha value is -3.41. The molecule has 36 heavy (non-hydrogen) atoms. The largest absolute Gasteiger partial charge is 0.288 e. The van der Waals surface area contributed by atoms with E-state index in [1.54, 1.807) is 13.1 Å². The van der Waals surface area contributed by atoms with E-state index in [2.05, 4.69) is 107 Å². The summed E-state index contributed by atoms with van der Waals surface area (Å²) in [5, 5.41) is 4.72. The van der Waals surface area contributed by atoms with Gasteiger partial charge >= 0.3 is 0 Å². The smallest absolute Gasteiger partial charge is 0.186 e. The number of benzene rings is 3. The monoisotopic (exact) mass is 493 g/mol. The summed E-state index contributed by atoms with van der Waals surface area (Å²) in [4.78, 5) is 14.7. The molecule has 182 valence electrons. The summed E-state index contributed by atoms with van der Waals surface area (Å²) in [5.41, 5.74) is 4.55. The second kappa shape index (κ2) is 11.1. The van der Waals surface area contributed by atoms with Crippen LogP contribution in [-0.2, 0) is 16.9 Å². The Labute approximate surface area is 217 Å². The standard InChI is InChI=1S/C31H31N3OS/c1-25(35)36-30-19-22-33(24-26(30)18-23-34-21-11-20-32-34)31(27-12-5-2-6-13-27,28-14-7-3-8-15-28)29-16-9-4-10-17-29/h2-18,20-21,30H,19,22-24H2,1H3/b26-18-. The van der Waals surface area contributed by atoms with Gasteiger partial charge in [-0.15, -0.1) is 0 Å². The highest BCUT2D eigenvalue weighted by atomic mass is 32.2. The molecular formula is C31H31N3OS. The van der Waals surface area contributed by atoms with Crippen LogP contribution < -0.4 is 0 Å². The van der Waals surface area contributed by atoms with E-state index >= 15 is 0 Å². The van der Waals surface area contributed by atoms with Crippen LogP contribution in [0.2, 0.25) is 0 Å². The Bertz CT molecular complexity index is 1190. The highest BCUT2D eigenvalue weighted by molar-refractivity contribution is 8.14. The second-order valence-corrected chi connectivity index (χ2v) is 10.5. The first kappa shape index (κ1) is 24.3. The Morgan fingerprint density at radius 1 is 0.917 bits per heavy atom. The van der Waals surface area contributed by atoms with Gasteiger partial charge in [-0.25, -0.2) is 0 Å². The highest BCUT2D eigenvalue weighted by Gasteiger charge is 2.44. The Balaban J connectivity index is 1.64. The number of thioether (sulfide) groups is 1. The van der Waals surface area contributed by atoms with Gasteiger partial charge in [-0.05, 0) is 34.8 Å². The van der Waals surface area contributed by atoms with E-state index in [-0.39, 0.29) is 10.4 Å². The van der Waals surface area contributed by atoms with Gasteiger partial charge < -0.3 is 0 Å². The maximum Gasteiger partial charge on any atom is 0.186 e. The summed E-state index contributed by atoms with van der Waals surface area (Å²) in [5.74, 6) is 0. The molecule has 0 N–H and O–H groups in total. The van der Waals surface area contributed by atoms with Crippen LogP contribution in [0.25, 0.3) is 0 Å². The topological polar surface area (TPSA) is 38.1 Å². The second-order valence-electron chi connectivity index (χ2n) is 9.12. The minimum Gasteiger partial charge on any atom is -0.288 e. The normalized spacial score (nSPS) is 17.8. The minimum absolute atomic E-state index is 0.166. The van der Waals surface area contributed by atoms with Gasteiger partial charge in [0.25, 0.3) is 0 Å². The maximum absolute atomic E-state index is 12.1. The molecule has 0 amide bonds. The van der Waals surface area contributed by atoms with Gasteiger partial charge in [0, 0.05) is 37.7 Å². The van der Waals surface area contributed by atoms with E-state index in [0.717, 1.165) is 19.5 Å². The van der Waals surface area contributed by atoms with Crippen molar-refractivity contribution in [1.29, 1.82) is 0 Å². The van der Waals surface area contributed by atoms with Crippen LogP contribution in [0.15, 0.2) is 121 Å². The van der Waals surface area contributed by atoms with Crippen LogP contribution in [0, 0.1) is 0 Å². The minimum atomic E-state index is -0.458. The van der Waals surface area contributed by atoms with Crippen molar-refractivity contribution in [3.8, 4) is 0 Å². The van der Waals surface area contributed by atoms with E-state index in [1.165, 1.54) is 34.0 Å². The van der Waals surface area contributed by atoms with Gasteiger partial charge in [-0.3, -0.25) is 14.4 Å². The number of carbonyl (C=O) groups is 1. The van der Waals surface area contributed by atoms with Crippen molar-refractivity contribution >= 4 is 16.9 Å². The summed E-state index contributed by atoms with van der Waals surface area (Å²) in [7, 11) is 0. The molecule has 0 spiro atoms. The fourth-order valence-electron chi connectivity index (χ4n) is 5.38. The van der Waals surface area contributed by atoms with Crippen LogP contribution in [0.4, 0.5) is 0 Å². The lowest BCUT2D eigenvalue weighted by atomic mass is 9.74. The Morgan fingerprint density at radius 2 is 1.47 bits per heavy atom. The zero-order valence-corrected chi connectivity index (χ0v) is 21.4. The average molecular weight is 494 g/mol. The quantitative estimate of drug-likeness (QED) is 0.228. The number of carbonyl (C=O) groups excluding carboxylic acids is 1. The number of hydrogen-bond donors (Lipinski definition) is 0. The molecule has 1 saturated heterocycles. The number of allylic oxidation sites excluding steroid dienone is 1. The van der Waals surface area contributed by atoms with Gasteiger partial charge in [0.2, 0.25) is 0 Å². The first-order valence-corrected chi connectivity index (χ1v) is 13.3. The lowest BCUT2D eigenvalue weighted by Crippen LogP contribution is -2.52. The highest BCUT2D eigenvalue weighted by Crippen LogP contribution is 2.45. The summed E-state index contributed by atoms with van der Waals surface area (Å²) in [6, 6.07) is 34.4. The van der Waals surface area contributed by atoms with Crippen molar-refractivity contribution in [3.05, 3.63) is 138 Å². The van der Waals surface area contributed by atoms with Crippen molar-refractivity contribution in [2.24, 2.45) is 0 Å². The van der Waals surface area contributed by atoms with Gasteiger partial charge in [0.15, 0.2) is 5.12 Å². The molecule has 5 rings (SSSR count). The number of hydrogen-bond acceptors (Lipinski definition) is 4. The number of rotatable bonds is 7. The average Bonchev–Trinajstić information content (AvgIpc) is 3.44. The maximum atomic E-state index is 12.1. The van der Waals surface area contributed by atoms with E-state index in [9.17, 15) is 4.79 Å². The number of likely N-dealkylation sites (tertiary alicyclic amines) is 1. The van der Waals surface area contributed by atoms with E-state index in [1.807, 2.05) is 16.9 Å². The third-order valence-electron chi connectivity index (χ3n) is 6.91. The van der Waals surface area contributed by atoms with Crippen LogP contribution in [-0.4, -0.2) is 38.1 Å². The number of aromatic nitrogens is 2. The van der Waals surface area contributed by atoms with Crippen molar-refractivity contribution in [3.63, 3.8) is 0 Å². The molecule has 4 nitrogen and oxygen atoms in total. The van der Waals surface area contributed by atoms with E-state index in [0.29, 0.717) is 6.54 Å². The van der Waals surface area contributed by atoms with Crippen LogP contribution in [0.3, 0.4) is 0 Å². The molecule has 0 saturated carbocycles. The zero-order chi connectivity index (χ0) is 24.8. The summed E-state index contributed by atoms with van der Waals surface area (Å²) in [6.07, 6.45) is 6.96. The fraction of sp³-hybridized carbons (Fsp3) is 0.226. The SMILES string of the molecule is CC(=O)SC1CCN(C(c2ccccc2)(c2ccccc2)c2ccccc2)C/C1=C/Cn1cccn1. The van der Waals surface area contributed by atoms with Crippen LogP contribution in [0.1, 0.15) is 30.0 Å². The predicted octanol–water partition coefficient (Wildman–Crippen LogP) is 6.16. The third-order valence-corrected chi connectivity index (χ3v) is 8.06. The van der Waals surface area contributed by atoms with Crippen molar-refractivity contribution in [2.75, 3.05) is 13.1 Å². The lowest BCUT2D eigenvalue weighted by Gasteiger charge is -2.49. The molecule has 1 aliphatic heterocycles. The molecule has 0 bridgehead atoms. The summed E-state index contributed by atoms with van der Waals surface area (Å²) < 4.78 is 1.93. The van der Waals surface area contributed by atoms with Gasteiger partial charge in [0.05, 0.1) is 12.1 Å². The summed E-state index contributed by atoms with van der Waals surface area (Å²) >= 11 is 1.46. The molecule has 4 aromatic rings. The van der Waals surface area contributed by atoms with Crippen molar-refractivity contribution in [2.45, 2.75) is 30.7 Å². The molecule has 1 unspecified atom stereocenters. The summed E-state index contributed by atoms with van der Waals surface area (Å²) in [6.45, 7) is 4.01.